The minimum Gasteiger partial charge on any atom is -0.299 e. The van der Waals surface area contributed by atoms with Crippen molar-refractivity contribution in [3.05, 3.63) is 107 Å². The summed E-state index contributed by atoms with van der Waals surface area (Å²) in [5.74, 6) is -0.139. The molecule has 2 heterocycles. The molecule has 3 aromatic rings. The molecule has 2 nitrogen and oxygen atoms in total. The molecule has 0 amide bonds. The molecule has 1 saturated heterocycles. The lowest BCUT2D eigenvalue weighted by Crippen LogP contribution is -2.48. The van der Waals surface area contributed by atoms with Gasteiger partial charge in [-0.1, -0.05) is 66.7 Å². The molecule has 0 aliphatic carbocycles. The van der Waals surface area contributed by atoms with Crippen LogP contribution < -0.4 is 0 Å². The molecule has 5 rings (SSSR count). The average molecular weight is 401 g/mol. The Morgan fingerprint density at radius 3 is 2.37 bits per heavy atom. The number of fused-ring (bicyclic) bond motifs is 1. The van der Waals surface area contributed by atoms with Gasteiger partial charge in [0.2, 0.25) is 0 Å². The molecule has 0 bridgehead atoms. The van der Waals surface area contributed by atoms with Crippen LogP contribution in [-0.2, 0) is 13.0 Å². The Kier molecular flexibility index (Phi) is 5.65. The van der Waals surface area contributed by atoms with Crippen molar-refractivity contribution in [1.29, 1.82) is 0 Å². The van der Waals surface area contributed by atoms with Crippen LogP contribution in [-0.4, -0.2) is 35.5 Å². The molecule has 1 unspecified atom stereocenters. The fourth-order valence-electron chi connectivity index (χ4n) is 5.29. The monoisotopic (exact) mass is 400 g/mol. The highest BCUT2D eigenvalue weighted by Crippen LogP contribution is 2.38. The van der Waals surface area contributed by atoms with Gasteiger partial charge in [0.15, 0.2) is 0 Å². The first-order chi connectivity index (χ1) is 14.8. The van der Waals surface area contributed by atoms with Crippen LogP contribution in [0.25, 0.3) is 0 Å². The molecular formula is C27H29FN2. The fourth-order valence-corrected chi connectivity index (χ4v) is 5.29. The second-order valence-corrected chi connectivity index (χ2v) is 8.64. The van der Waals surface area contributed by atoms with Gasteiger partial charge < -0.3 is 0 Å². The Balaban J connectivity index is 1.32. The highest BCUT2D eigenvalue weighted by Gasteiger charge is 2.34. The number of benzene rings is 3. The Bertz CT molecular complexity index is 979. The zero-order valence-electron chi connectivity index (χ0n) is 17.4. The summed E-state index contributed by atoms with van der Waals surface area (Å²) in [6.07, 6.45) is 3.46. The summed E-state index contributed by atoms with van der Waals surface area (Å²) in [7, 11) is 0. The first-order valence-corrected chi connectivity index (χ1v) is 11.1. The lowest BCUT2D eigenvalue weighted by atomic mass is 9.86. The van der Waals surface area contributed by atoms with Gasteiger partial charge in [-0.25, -0.2) is 4.39 Å². The van der Waals surface area contributed by atoms with Crippen molar-refractivity contribution in [3.63, 3.8) is 0 Å². The highest BCUT2D eigenvalue weighted by molar-refractivity contribution is 5.40. The third kappa shape index (κ3) is 4.05. The van der Waals surface area contributed by atoms with Gasteiger partial charge in [-0.05, 0) is 66.7 Å². The number of hydrogen-bond donors (Lipinski definition) is 0. The first-order valence-electron chi connectivity index (χ1n) is 11.1. The van der Waals surface area contributed by atoms with Crippen LogP contribution in [0.1, 0.15) is 41.1 Å². The quantitative estimate of drug-likeness (QED) is 0.576. The van der Waals surface area contributed by atoms with Crippen LogP contribution in [0.15, 0.2) is 78.9 Å². The van der Waals surface area contributed by atoms with E-state index in [1.165, 1.54) is 35.6 Å². The highest BCUT2D eigenvalue weighted by atomic mass is 19.1. The molecule has 0 spiro atoms. The van der Waals surface area contributed by atoms with E-state index in [0.29, 0.717) is 12.1 Å². The van der Waals surface area contributed by atoms with Gasteiger partial charge in [-0.2, -0.15) is 0 Å². The van der Waals surface area contributed by atoms with Gasteiger partial charge in [-0.3, -0.25) is 9.80 Å². The zero-order valence-corrected chi connectivity index (χ0v) is 17.4. The summed E-state index contributed by atoms with van der Waals surface area (Å²) in [6, 6.07) is 27.9. The maximum absolute atomic E-state index is 13.5. The van der Waals surface area contributed by atoms with Crippen molar-refractivity contribution in [2.45, 2.75) is 37.9 Å². The molecule has 3 aromatic carbocycles. The molecule has 3 heteroatoms. The Morgan fingerprint density at radius 2 is 1.57 bits per heavy atom. The summed E-state index contributed by atoms with van der Waals surface area (Å²) in [4.78, 5) is 5.22. The Hall–Kier alpha value is -2.49. The van der Waals surface area contributed by atoms with Crippen LogP contribution in [0.5, 0.6) is 0 Å². The van der Waals surface area contributed by atoms with Crippen molar-refractivity contribution in [3.8, 4) is 0 Å². The van der Waals surface area contributed by atoms with E-state index in [1.54, 1.807) is 6.07 Å². The number of rotatable bonds is 4. The summed E-state index contributed by atoms with van der Waals surface area (Å²) < 4.78 is 13.5. The van der Waals surface area contributed by atoms with Crippen LogP contribution in [0.2, 0.25) is 0 Å². The van der Waals surface area contributed by atoms with Gasteiger partial charge in [0.25, 0.3) is 0 Å². The van der Waals surface area contributed by atoms with Gasteiger partial charge in [-0.15, -0.1) is 0 Å². The third-order valence-corrected chi connectivity index (χ3v) is 6.76. The van der Waals surface area contributed by atoms with Crippen LogP contribution in [0.3, 0.4) is 0 Å². The molecule has 2 aliphatic heterocycles. The minimum atomic E-state index is -0.139. The lowest BCUT2D eigenvalue weighted by Gasteiger charge is -2.45. The molecule has 0 radical (unpaired) electrons. The molecule has 30 heavy (non-hydrogen) atoms. The van der Waals surface area contributed by atoms with Gasteiger partial charge in [0.1, 0.15) is 5.82 Å². The number of halogens is 1. The molecule has 2 aliphatic rings. The van der Waals surface area contributed by atoms with E-state index in [1.807, 2.05) is 12.1 Å². The van der Waals surface area contributed by atoms with Gasteiger partial charge in [0.05, 0.1) is 6.04 Å². The van der Waals surface area contributed by atoms with E-state index < -0.39 is 0 Å². The van der Waals surface area contributed by atoms with E-state index in [9.17, 15) is 4.39 Å². The molecule has 0 aromatic heterocycles. The second kappa shape index (κ2) is 8.71. The summed E-state index contributed by atoms with van der Waals surface area (Å²) in [5.41, 5.74) is 5.43. The molecule has 1 fully saturated rings. The van der Waals surface area contributed by atoms with Crippen molar-refractivity contribution in [1.82, 2.24) is 9.80 Å². The number of likely N-dealkylation sites (tertiary alicyclic amines) is 1. The van der Waals surface area contributed by atoms with Gasteiger partial charge in [0, 0.05) is 19.1 Å². The molecule has 0 saturated carbocycles. The largest absolute Gasteiger partial charge is 0.299 e. The Morgan fingerprint density at radius 1 is 0.800 bits per heavy atom. The van der Waals surface area contributed by atoms with E-state index in [2.05, 4.69) is 64.4 Å². The summed E-state index contributed by atoms with van der Waals surface area (Å²) >= 11 is 0. The van der Waals surface area contributed by atoms with Crippen molar-refractivity contribution >= 4 is 0 Å². The van der Waals surface area contributed by atoms with E-state index in [4.69, 9.17) is 0 Å². The number of hydrogen-bond acceptors (Lipinski definition) is 2. The van der Waals surface area contributed by atoms with Crippen LogP contribution in [0.4, 0.5) is 4.39 Å². The maximum Gasteiger partial charge on any atom is 0.123 e. The van der Waals surface area contributed by atoms with E-state index >= 15 is 0 Å². The molecular weight excluding hydrogens is 371 g/mol. The van der Waals surface area contributed by atoms with Crippen molar-refractivity contribution in [2.24, 2.45) is 0 Å². The van der Waals surface area contributed by atoms with Crippen molar-refractivity contribution < 1.29 is 4.39 Å². The van der Waals surface area contributed by atoms with Crippen LogP contribution >= 0.6 is 0 Å². The molecule has 154 valence electrons. The smallest absolute Gasteiger partial charge is 0.123 e. The zero-order chi connectivity index (χ0) is 20.3. The third-order valence-electron chi connectivity index (χ3n) is 6.76. The SMILES string of the molecule is Fc1cccc(CN2CCC(N3CCc4ccccc4C3c3ccccc3)CC2)c1. The lowest BCUT2D eigenvalue weighted by molar-refractivity contribution is 0.0775. The molecule has 1 atom stereocenters. The normalized spacial score (nSPS) is 20.8. The fraction of sp³-hybridized carbons (Fsp3) is 0.333. The Labute approximate surface area is 179 Å². The van der Waals surface area contributed by atoms with Crippen LogP contribution in [0, 0.1) is 5.82 Å². The number of piperidine rings is 1. The first kappa shape index (κ1) is 19.5. The van der Waals surface area contributed by atoms with E-state index in [-0.39, 0.29) is 5.82 Å². The van der Waals surface area contributed by atoms with E-state index in [0.717, 1.165) is 38.2 Å². The average Bonchev–Trinajstić information content (AvgIpc) is 2.79. The summed E-state index contributed by atoms with van der Waals surface area (Å²) in [6.45, 7) is 4.10. The standard InChI is InChI=1S/C27H29FN2/c28-24-11-6-7-21(19-24)20-29-16-14-25(15-17-29)30-18-13-22-8-4-5-12-26(22)27(30)23-9-2-1-3-10-23/h1-12,19,25,27H,13-18,20H2. The van der Waals surface area contributed by atoms with Gasteiger partial charge >= 0.3 is 0 Å². The number of nitrogens with zero attached hydrogens (tertiary/aromatic N) is 2. The summed E-state index contributed by atoms with van der Waals surface area (Å²) in [5, 5.41) is 0. The molecule has 0 N–H and O–H groups in total. The van der Waals surface area contributed by atoms with Crippen molar-refractivity contribution in [2.75, 3.05) is 19.6 Å². The second-order valence-electron chi connectivity index (χ2n) is 8.64. The topological polar surface area (TPSA) is 6.48 Å². The minimum absolute atomic E-state index is 0.139. The predicted molar refractivity (Wildman–Crippen MR) is 120 cm³/mol. The predicted octanol–water partition coefficient (Wildman–Crippen LogP) is 5.44. The maximum atomic E-state index is 13.5.